The van der Waals surface area contributed by atoms with Crippen LogP contribution in [0.3, 0.4) is 0 Å². The molecule has 1 amide bonds. The molecule has 1 saturated heterocycles. The summed E-state index contributed by atoms with van der Waals surface area (Å²) in [5.74, 6) is 1.42. The Labute approximate surface area is 132 Å². The van der Waals surface area contributed by atoms with Crippen LogP contribution in [0.5, 0.6) is 5.75 Å². The van der Waals surface area contributed by atoms with Gasteiger partial charge in [0.2, 0.25) is 5.91 Å². The van der Waals surface area contributed by atoms with E-state index < -0.39 is 0 Å². The number of hydrogen-bond acceptors (Lipinski definition) is 3. The van der Waals surface area contributed by atoms with Crippen LogP contribution in [0.4, 0.5) is 5.69 Å². The van der Waals surface area contributed by atoms with Gasteiger partial charge in [0.15, 0.2) is 0 Å². The van der Waals surface area contributed by atoms with Crippen LogP contribution in [0, 0.1) is 5.92 Å². The van der Waals surface area contributed by atoms with Crippen LogP contribution in [0.2, 0.25) is 0 Å². The van der Waals surface area contributed by atoms with Crippen molar-refractivity contribution in [2.24, 2.45) is 5.92 Å². The Morgan fingerprint density at radius 2 is 2.00 bits per heavy atom. The molecule has 0 radical (unpaired) electrons. The van der Waals surface area contributed by atoms with Gasteiger partial charge in [-0.15, -0.1) is 0 Å². The van der Waals surface area contributed by atoms with Gasteiger partial charge in [-0.1, -0.05) is 18.2 Å². The maximum absolute atomic E-state index is 12.6. The number of carbonyl (C=O) groups is 1. The number of rotatable bonds is 3. The number of anilines is 1. The number of carbonyl (C=O) groups excluding carboxylic acids is 1. The molecular formula is C18H24N2O2. The summed E-state index contributed by atoms with van der Waals surface area (Å²) < 4.78 is 5.29. The largest absolute Gasteiger partial charge is 0.497 e. The summed E-state index contributed by atoms with van der Waals surface area (Å²) in [4.78, 5) is 16.9. The lowest BCUT2D eigenvalue weighted by molar-refractivity contribution is -0.136. The fourth-order valence-electron chi connectivity index (χ4n) is 3.27. The van der Waals surface area contributed by atoms with Crippen molar-refractivity contribution in [2.75, 3.05) is 38.2 Å². The molecule has 1 atom stereocenters. The van der Waals surface area contributed by atoms with E-state index in [4.69, 9.17) is 4.74 Å². The maximum atomic E-state index is 12.6. The zero-order valence-corrected chi connectivity index (χ0v) is 13.2. The van der Waals surface area contributed by atoms with Gasteiger partial charge in [-0.25, -0.2) is 0 Å². The predicted octanol–water partition coefficient (Wildman–Crippen LogP) is 2.70. The Morgan fingerprint density at radius 1 is 1.18 bits per heavy atom. The van der Waals surface area contributed by atoms with E-state index in [2.05, 4.69) is 29.2 Å². The lowest BCUT2D eigenvalue weighted by Crippen LogP contribution is -2.50. The fourth-order valence-corrected chi connectivity index (χ4v) is 3.27. The average molecular weight is 300 g/mol. The lowest BCUT2D eigenvalue weighted by atomic mass is 9.93. The van der Waals surface area contributed by atoms with E-state index in [0.717, 1.165) is 51.2 Å². The number of piperazine rings is 1. The molecule has 0 aromatic heterocycles. The standard InChI is InChI=1S/C18H24N2O2/c1-22-17-9-5-8-16(14-17)19-10-12-20(13-11-19)18(21)15-6-3-2-4-7-15/h2-3,5,8-9,14-15H,4,6-7,10-13H2,1H3. The van der Waals surface area contributed by atoms with Gasteiger partial charge in [0.1, 0.15) is 5.75 Å². The van der Waals surface area contributed by atoms with Gasteiger partial charge >= 0.3 is 0 Å². The van der Waals surface area contributed by atoms with Gasteiger partial charge in [-0.3, -0.25) is 4.79 Å². The quantitative estimate of drug-likeness (QED) is 0.805. The first kappa shape index (κ1) is 14.9. The number of ether oxygens (including phenoxy) is 1. The van der Waals surface area contributed by atoms with Crippen molar-refractivity contribution in [3.05, 3.63) is 36.4 Å². The summed E-state index contributed by atoms with van der Waals surface area (Å²) in [7, 11) is 1.69. The zero-order valence-electron chi connectivity index (χ0n) is 13.2. The second kappa shape index (κ2) is 6.86. The monoisotopic (exact) mass is 300 g/mol. The minimum absolute atomic E-state index is 0.202. The minimum Gasteiger partial charge on any atom is -0.497 e. The van der Waals surface area contributed by atoms with E-state index >= 15 is 0 Å². The maximum Gasteiger partial charge on any atom is 0.226 e. The van der Waals surface area contributed by atoms with Gasteiger partial charge in [-0.05, 0) is 31.4 Å². The van der Waals surface area contributed by atoms with E-state index in [1.807, 2.05) is 17.0 Å². The molecule has 0 saturated carbocycles. The highest BCUT2D eigenvalue weighted by Gasteiger charge is 2.27. The first-order valence-corrected chi connectivity index (χ1v) is 8.10. The third-order valence-corrected chi connectivity index (χ3v) is 4.63. The van der Waals surface area contributed by atoms with Crippen molar-refractivity contribution in [1.29, 1.82) is 0 Å². The van der Waals surface area contributed by atoms with E-state index in [9.17, 15) is 4.79 Å². The van der Waals surface area contributed by atoms with Crippen LogP contribution in [-0.4, -0.2) is 44.1 Å². The van der Waals surface area contributed by atoms with Gasteiger partial charge in [0.05, 0.1) is 7.11 Å². The Hall–Kier alpha value is -1.97. The molecule has 1 aromatic carbocycles. The molecule has 118 valence electrons. The Balaban J connectivity index is 1.57. The van der Waals surface area contributed by atoms with Crippen LogP contribution in [0.15, 0.2) is 36.4 Å². The summed E-state index contributed by atoms with van der Waals surface area (Å²) >= 11 is 0. The Kier molecular flexibility index (Phi) is 4.66. The van der Waals surface area contributed by atoms with E-state index in [0.29, 0.717) is 5.91 Å². The Bertz CT molecular complexity index is 548. The van der Waals surface area contributed by atoms with Crippen LogP contribution >= 0.6 is 0 Å². The summed E-state index contributed by atoms with van der Waals surface area (Å²) in [5.41, 5.74) is 1.17. The van der Waals surface area contributed by atoms with Crippen molar-refractivity contribution in [3.8, 4) is 5.75 Å². The number of nitrogens with zero attached hydrogens (tertiary/aromatic N) is 2. The fraction of sp³-hybridized carbons (Fsp3) is 0.500. The van der Waals surface area contributed by atoms with Crippen molar-refractivity contribution < 1.29 is 9.53 Å². The van der Waals surface area contributed by atoms with E-state index in [-0.39, 0.29) is 5.92 Å². The molecule has 3 rings (SSSR count). The third-order valence-electron chi connectivity index (χ3n) is 4.63. The number of benzene rings is 1. The predicted molar refractivity (Wildman–Crippen MR) is 88.3 cm³/mol. The molecule has 1 aromatic rings. The molecule has 0 spiro atoms. The van der Waals surface area contributed by atoms with E-state index in [1.54, 1.807) is 7.11 Å². The summed E-state index contributed by atoms with van der Waals surface area (Å²) in [6.07, 6.45) is 7.30. The normalized spacial score (nSPS) is 21.8. The van der Waals surface area contributed by atoms with Gasteiger partial charge in [0.25, 0.3) is 0 Å². The van der Waals surface area contributed by atoms with Gasteiger partial charge < -0.3 is 14.5 Å². The molecule has 1 aliphatic heterocycles. The Morgan fingerprint density at radius 3 is 2.68 bits per heavy atom. The van der Waals surface area contributed by atoms with E-state index in [1.165, 1.54) is 5.69 Å². The molecule has 1 fully saturated rings. The lowest BCUT2D eigenvalue weighted by Gasteiger charge is -2.38. The first-order valence-electron chi connectivity index (χ1n) is 8.10. The molecule has 1 heterocycles. The van der Waals surface area contributed by atoms with Crippen molar-refractivity contribution >= 4 is 11.6 Å². The third kappa shape index (κ3) is 3.26. The van der Waals surface area contributed by atoms with Crippen LogP contribution in [-0.2, 0) is 4.79 Å². The highest BCUT2D eigenvalue weighted by molar-refractivity contribution is 5.79. The van der Waals surface area contributed by atoms with Crippen LogP contribution in [0.1, 0.15) is 19.3 Å². The van der Waals surface area contributed by atoms with Crippen molar-refractivity contribution in [1.82, 2.24) is 4.90 Å². The number of amides is 1. The van der Waals surface area contributed by atoms with Crippen molar-refractivity contribution in [2.45, 2.75) is 19.3 Å². The van der Waals surface area contributed by atoms with Crippen LogP contribution < -0.4 is 9.64 Å². The molecule has 0 bridgehead atoms. The SMILES string of the molecule is COc1cccc(N2CCN(C(=O)C3CC=CCC3)CC2)c1. The summed E-state index contributed by atoms with van der Waals surface area (Å²) in [5, 5.41) is 0. The average Bonchev–Trinajstić information content (AvgIpc) is 2.62. The van der Waals surface area contributed by atoms with Gasteiger partial charge in [-0.2, -0.15) is 0 Å². The number of hydrogen-bond donors (Lipinski definition) is 0. The second-order valence-corrected chi connectivity index (χ2v) is 6.00. The molecular weight excluding hydrogens is 276 g/mol. The molecule has 22 heavy (non-hydrogen) atoms. The molecule has 1 unspecified atom stereocenters. The first-order chi connectivity index (χ1) is 10.8. The van der Waals surface area contributed by atoms with Crippen LogP contribution in [0.25, 0.3) is 0 Å². The number of allylic oxidation sites excluding steroid dienone is 2. The number of methoxy groups -OCH3 is 1. The molecule has 1 aliphatic carbocycles. The molecule has 2 aliphatic rings. The molecule has 4 nitrogen and oxygen atoms in total. The van der Waals surface area contributed by atoms with Crippen molar-refractivity contribution in [3.63, 3.8) is 0 Å². The van der Waals surface area contributed by atoms with Gasteiger partial charge in [0, 0.05) is 43.9 Å². The second-order valence-electron chi connectivity index (χ2n) is 6.00. The summed E-state index contributed by atoms with van der Waals surface area (Å²) in [6.45, 7) is 3.41. The summed E-state index contributed by atoms with van der Waals surface area (Å²) in [6, 6.07) is 8.13. The minimum atomic E-state index is 0.202. The molecule has 0 N–H and O–H groups in total. The zero-order chi connectivity index (χ0) is 15.4. The molecule has 4 heteroatoms. The highest BCUT2D eigenvalue weighted by atomic mass is 16.5. The highest BCUT2D eigenvalue weighted by Crippen LogP contribution is 2.24. The smallest absolute Gasteiger partial charge is 0.226 e. The topological polar surface area (TPSA) is 32.8 Å².